The number of amides is 2. The van der Waals surface area contributed by atoms with Gasteiger partial charge in [-0.3, -0.25) is 9.59 Å². The molecule has 0 saturated carbocycles. The number of nitrogen functional groups attached to an aromatic ring is 1. The molecule has 1 aromatic carbocycles. The molecule has 2 heterocycles. The summed E-state index contributed by atoms with van der Waals surface area (Å²) in [5.74, 6) is 6.82. The van der Waals surface area contributed by atoms with E-state index in [0.717, 1.165) is 5.56 Å². The largest absolute Gasteiger partial charge is 0.339 e. The van der Waals surface area contributed by atoms with Crippen LogP contribution in [0.15, 0.2) is 29.4 Å². The van der Waals surface area contributed by atoms with Gasteiger partial charge in [0.1, 0.15) is 0 Å². The van der Waals surface area contributed by atoms with Crippen LogP contribution < -0.4 is 5.84 Å². The Balaban J connectivity index is 1.58. The van der Waals surface area contributed by atoms with Crippen LogP contribution in [-0.4, -0.2) is 68.4 Å². The van der Waals surface area contributed by atoms with Crippen molar-refractivity contribution in [2.24, 2.45) is 0 Å². The van der Waals surface area contributed by atoms with Gasteiger partial charge in [0.15, 0.2) is 5.82 Å². The Morgan fingerprint density at radius 1 is 1.12 bits per heavy atom. The molecule has 2 aromatic rings. The van der Waals surface area contributed by atoms with E-state index in [1.165, 1.54) is 16.4 Å². The minimum atomic E-state index is -0.00533. The van der Waals surface area contributed by atoms with Crippen molar-refractivity contribution in [3.8, 4) is 11.4 Å². The predicted octanol–water partition coefficient (Wildman–Crippen LogP) is 1.10. The maximum atomic E-state index is 12.4. The zero-order valence-electron chi connectivity index (χ0n) is 14.3. The second-order valence-corrected chi connectivity index (χ2v) is 7.24. The molecular weight excluding hydrogens is 376 g/mol. The van der Waals surface area contributed by atoms with Crippen molar-refractivity contribution in [3.63, 3.8) is 0 Å². The third-order valence-corrected chi connectivity index (χ3v) is 5.35. The average molecular weight is 395 g/mol. The van der Waals surface area contributed by atoms with Crippen LogP contribution in [0.25, 0.3) is 11.4 Å². The van der Waals surface area contributed by atoms with E-state index < -0.39 is 0 Å². The molecule has 0 aliphatic carbocycles. The van der Waals surface area contributed by atoms with Gasteiger partial charge in [-0.2, -0.15) is 0 Å². The number of piperazine rings is 1. The number of nitrogens with zero attached hydrogens (tertiary/aromatic N) is 5. The first kappa shape index (κ1) is 18.5. The second-order valence-electron chi connectivity index (χ2n) is 5.86. The Hall–Kier alpha value is -2.26. The van der Waals surface area contributed by atoms with E-state index in [0.29, 0.717) is 42.2 Å². The van der Waals surface area contributed by atoms with Crippen LogP contribution in [0, 0.1) is 0 Å². The van der Waals surface area contributed by atoms with Crippen molar-refractivity contribution in [1.29, 1.82) is 0 Å². The number of hydrogen-bond acceptors (Lipinski definition) is 6. The highest BCUT2D eigenvalue weighted by Gasteiger charge is 2.23. The Kier molecular flexibility index (Phi) is 5.67. The molecule has 10 heteroatoms. The van der Waals surface area contributed by atoms with Crippen LogP contribution >= 0.6 is 23.4 Å². The molecule has 2 amide bonds. The summed E-state index contributed by atoms with van der Waals surface area (Å²) in [4.78, 5) is 27.2. The van der Waals surface area contributed by atoms with Gasteiger partial charge < -0.3 is 15.6 Å². The normalized spacial score (nSPS) is 14.5. The molecule has 0 atom stereocenters. The first-order chi connectivity index (χ1) is 12.5. The van der Waals surface area contributed by atoms with Gasteiger partial charge in [0.25, 0.3) is 0 Å². The van der Waals surface area contributed by atoms with Gasteiger partial charge in [0.2, 0.25) is 17.0 Å². The molecule has 8 nitrogen and oxygen atoms in total. The summed E-state index contributed by atoms with van der Waals surface area (Å²) in [5, 5.41) is 9.24. The number of benzene rings is 1. The van der Waals surface area contributed by atoms with E-state index in [-0.39, 0.29) is 17.6 Å². The maximum Gasteiger partial charge on any atom is 0.233 e. The minimum Gasteiger partial charge on any atom is -0.339 e. The summed E-state index contributed by atoms with van der Waals surface area (Å²) in [6, 6.07) is 7.12. The predicted molar refractivity (Wildman–Crippen MR) is 100 cm³/mol. The zero-order valence-corrected chi connectivity index (χ0v) is 15.8. The smallest absolute Gasteiger partial charge is 0.233 e. The van der Waals surface area contributed by atoms with Crippen molar-refractivity contribution >= 4 is 35.2 Å². The molecule has 0 spiro atoms. The van der Waals surface area contributed by atoms with Gasteiger partial charge in [-0.15, -0.1) is 10.2 Å². The molecule has 1 aromatic heterocycles. The number of thioether (sulfide) groups is 1. The number of carbonyl (C=O) groups is 2. The van der Waals surface area contributed by atoms with E-state index in [1.54, 1.807) is 28.9 Å². The van der Waals surface area contributed by atoms with Gasteiger partial charge in [-0.1, -0.05) is 23.4 Å². The van der Waals surface area contributed by atoms with E-state index in [1.807, 2.05) is 12.1 Å². The Labute approximate surface area is 160 Å². The minimum absolute atomic E-state index is 0.00533. The highest BCUT2D eigenvalue weighted by atomic mass is 35.5. The Morgan fingerprint density at radius 3 is 2.35 bits per heavy atom. The molecule has 1 fully saturated rings. The quantitative estimate of drug-likeness (QED) is 0.616. The van der Waals surface area contributed by atoms with E-state index in [4.69, 9.17) is 17.4 Å². The SMILES string of the molecule is CC(=O)N1CCN(C(=O)CSc2nnc(-c3ccc(Cl)cc3)n2N)CC1. The summed E-state index contributed by atoms with van der Waals surface area (Å²) >= 11 is 7.13. The number of hydrogen-bond donors (Lipinski definition) is 1. The molecule has 2 N–H and O–H groups in total. The Morgan fingerprint density at radius 2 is 1.73 bits per heavy atom. The highest BCUT2D eigenvalue weighted by Crippen LogP contribution is 2.23. The molecule has 0 bridgehead atoms. The van der Waals surface area contributed by atoms with Crippen LogP contribution in [0.4, 0.5) is 0 Å². The first-order valence-electron chi connectivity index (χ1n) is 8.08. The third-order valence-electron chi connectivity index (χ3n) is 4.17. The standard InChI is InChI=1S/C16H19ClN6O2S/c1-11(24)21-6-8-22(9-7-21)14(25)10-26-16-20-19-15(23(16)18)12-2-4-13(17)5-3-12/h2-5H,6-10,18H2,1H3. The topological polar surface area (TPSA) is 97.4 Å². The van der Waals surface area contributed by atoms with Crippen molar-refractivity contribution in [2.75, 3.05) is 37.8 Å². The number of carbonyl (C=O) groups excluding carboxylic acids is 2. The van der Waals surface area contributed by atoms with Gasteiger partial charge in [-0.25, -0.2) is 4.68 Å². The summed E-state index contributed by atoms with van der Waals surface area (Å²) in [5.41, 5.74) is 0.794. The van der Waals surface area contributed by atoms with Crippen LogP contribution in [0.2, 0.25) is 5.02 Å². The summed E-state index contributed by atoms with van der Waals surface area (Å²) < 4.78 is 1.37. The molecule has 1 aliphatic heterocycles. The monoisotopic (exact) mass is 394 g/mol. The first-order valence-corrected chi connectivity index (χ1v) is 9.44. The van der Waals surface area contributed by atoms with Crippen LogP contribution in [0.1, 0.15) is 6.92 Å². The van der Waals surface area contributed by atoms with Gasteiger partial charge in [-0.05, 0) is 24.3 Å². The maximum absolute atomic E-state index is 12.4. The number of rotatable bonds is 4. The Bertz CT molecular complexity index is 802. The van der Waals surface area contributed by atoms with E-state index in [9.17, 15) is 9.59 Å². The third kappa shape index (κ3) is 4.10. The summed E-state index contributed by atoms with van der Waals surface area (Å²) in [7, 11) is 0. The van der Waals surface area contributed by atoms with Gasteiger partial charge in [0.05, 0.1) is 5.75 Å². The average Bonchev–Trinajstić information content (AvgIpc) is 3.01. The molecule has 3 rings (SSSR count). The lowest BCUT2D eigenvalue weighted by Gasteiger charge is -2.34. The molecule has 138 valence electrons. The van der Waals surface area contributed by atoms with Crippen molar-refractivity contribution in [3.05, 3.63) is 29.3 Å². The lowest BCUT2D eigenvalue weighted by Crippen LogP contribution is -2.50. The lowest BCUT2D eigenvalue weighted by molar-refractivity contribution is -0.136. The number of nitrogens with two attached hydrogens (primary N) is 1. The van der Waals surface area contributed by atoms with Crippen molar-refractivity contribution < 1.29 is 9.59 Å². The second kappa shape index (κ2) is 7.96. The van der Waals surface area contributed by atoms with Gasteiger partial charge in [0, 0.05) is 43.7 Å². The summed E-state index contributed by atoms with van der Waals surface area (Å²) in [6.07, 6.45) is 0. The molecule has 1 saturated heterocycles. The van der Waals surface area contributed by atoms with E-state index >= 15 is 0 Å². The molecule has 0 unspecified atom stereocenters. The molecule has 1 aliphatic rings. The van der Waals surface area contributed by atoms with Gasteiger partial charge >= 0.3 is 0 Å². The lowest BCUT2D eigenvalue weighted by atomic mass is 10.2. The van der Waals surface area contributed by atoms with Crippen LogP contribution in [0.3, 0.4) is 0 Å². The fourth-order valence-electron chi connectivity index (χ4n) is 2.66. The van der Waals surface area contributed by atoms with E-state index in [2.05, 4.69) is 10.2 Å². The van der Waals surface area contributed by atoms with Crippen molar-refractivity contribution in [2.45, 2.75) is 12.1 Å². The zero-order chi connectivity index (χ0) is 18.7. The van der Waals surface area contributed by atoms with Crippen LogP contribution in [0.5, 0.6) is 0 Å². The fraction of sp³-hybridized carbons (Fsp3) is 0.375. The fourth-order valence-corrected chi connectivity index (χ4v) is 3.54. The molecule has 26 heavy (non-hydrogen) atoms. The number of aromatic nitrogens is 3. The molecular formula is C16H19ClN6O2S. The van der Waals surface area contributed by atoms with Crippen LogP contribution in [-0.2, 0) is 9.59 Å². The summed E-state index contributed by atoms with van der Waals surface area (Å²) in [6.45, 7) is 3.77. The van der Waals surface area contributed by atoms with Crippen molar-refractivity contribution in [1.82, 2.24) is 24.7 Å². The number of halogens is 1. The highest BCUT2D eigenvalue weighted by molar-refractivity contribution is 7.99. The molecule has 0 radical (unpaired) electrons.